The van der Waals surface area contributed by atoms with Gasteiger partial charge >= 0.3 is 0 Å². The highest BCUT2D eigenvalue weighted by Gasteiger charge is 2.37. The Hall–Kier alpha value is -1.71. The second-order valence-electron chi connectivity index (χ2n) is 6.47. The molecule has 1 aliphatic carbocycles. The van der Waals surface area contributed by atoms with Gasteiger partial charge in [0.1, 0.15) is 12.4 Å². The van der Waals surface area contributed by atoms with Crippen molar-refractivity contribution < 1.29 is 9.53 Å². The van der Waals surface area contributed by atoms with Crippen molar-refractivity contribution in [3.63, 3.8) is 0 Å². The fourth-order valence-electron chi connectivity index (χ4n) is 4.09. The Morgan fingerprint density at radius 3 is 2.71 bits per heavy atom. The molecule has 0 bridgehead atoms. The summed E-state index contributed by atoms with van der Waals surface area (Å²) in [7, 11) is 0. The van der Waals surface area contributed by atoms with E-state index >= 15 is 0 Å². The summed E-state index contributed by atoms with van der Waals surface area (Å²) >= 11 is 0. The van der Waals surface area contributed by atoms with Crippen molar-refractivity contribution >= 4 is 11.6 Å². The summed E-state index contributed by atoms with van der Waals surface area (Å²) in [5.74, 6) is 2.43. The molecular formula is C17H22N2O2. The third-order valence-corrected chi connectivity index (χ3v) is 5.18. The zero-order valence-corrected chi connectivity index (χ0v) is 12.3. The molecule has 3 aliphatic rings. The fraction of sp³-hybridized carbons (Fsp3) is 0.588. The molecule has 2 atom stereocenters. The quantitative estimate of drug-likeness (QED) is 0.863. The zero-order chi connectivity index (χ0) is 14.2. The van der Waals surface area contributed by atoms with Crippen molar-refractivity contribution in [3.05, 3.63) is 23.8 Å². The number of fused-ring (bicyclic) bond motifs is 2. The summed E-state index contributed by atoms with van der Waals surface area (Å²) < 4.78 is 5.64. The molecule has 21 heavy (non-hydrogen) atoms. The summed E-state index contributed by atoms with van der Waals surface area (Å²) in [6, 6.07) is 5.77. The molecule has 1 aromatic rings. The first kappa shape index (κ1) is 13.0. The number of nitrogens with one attached hydrogen (secondary N) is 1. The second-order valence-corrected chi connectivity index (χ2v) is 6.47. The molecule has 2 fully saturated rings. The van der Waals surface area contributed by atoms with E-state index in [9.17, 15) is 4.79 Å². The Balaban J connectivity index is 1.58. The molecule has 1 saturated carbocycles. The van der Waals surface area contributed by atoms with Gasteiger partial charge in [-0.3, -0.25) is 4.79 Å². The lowest BCUT2D eigenvalue weighted by Gasteiger charge is -2.24. The van der Waals surface area contributed by atoms with Gasteiger partial charge in [0.25, 0.3) is 5.91 Å². The summed E-state index contributed by atoms with van der Waals surface area (Å²) in [4.78, 5) is 15.0. The number of hydrogen-bond donors (Lipinski definition) is 1. The van der Waals surface area contributed by atoms with E-state index in [0.29, 0.717) is 6.61 Å². The first-order valence-electron chi connectivity index (χ1n) is 8.12. The molecule has 1 aromatic carbocycles. The highest BCUT2D eigenvalue weighted by Crippen LogP contribution is 2.38. The molecule has 112 valence electrons. The smallest absolute Gasteiger partial charge is 0.256 e. The van der Waals surface area contributed by atoms with Gasteiger partial charge in [-0.1, -0.05) is 18.9 Å². The molecule has 1 amide bonds. The molecule has 4 nitrogen and oxygen atoms in total. The minimum atomic E-state index is 0.166. The van der Waals surface area contributed by atoms with Crippen molar-refractivity contribution in [1.82, 2.24) is 4.90 Å². The van der Waals surface area contributed by atoms with Crippen LogP contribution in [0.15, 0.2) is 18.2 Å². The minimum absolute atomic E-state index is 0.166. The van der Waals surface area contributed by atoms with Gasteiger partial charge in [0.2, 0.25) is 0 Å². The lowest BCUT2D eigenvalue weighted by molar-refractivity contribution is 0.0784. The van der Waals surface area contributed by atoms with E-state index in [0.717, 1.165) is 48.5 Å². The van der Waals surface area contributed by atoms with E-state index in [1.54, 1.807) is 0 Å². The number of benzene rings is 1. The van der Waals surface area contributed by atoms with Gasteiger partial charge in [0, 0.05) is 19.6 Å². The van der Waals surface area contributed by atoms with Gasteiger partial charge < -0.3 is 15.0 Å². The molecule has 4 rings (SSSR count). The van der Waals surface area contributed by atoms with Crippen molar-refractivity contribution in [2.45, 2.75) is 25.7 Å². The first-order valence-corrected chi connectivity index (χ1v) is 8.12. The molecule has 1 saturated heterocycles. The van der Waals surface area contributed by atoms with Gasteiger partial charge in [-0.05, 0) is 36.8 Å². The Bertz CT molecular complexity index is 544. The number of hydrogen-bond acceptors (Lipinski definition) is 3. The van der Waals surface area contributed by atoms with Crippen LogP contribution in [-0.2, 0) is 0 Å². The maximum Gasteiger partial charge on any atom is 0.256 e. The van der Waals surface area contributed by atoms with Gasteiger partial charge in [-0.15, -0.1) is 0 Å². The number of ether oxygens (including phenoxy) is 1. The molecule has 2 heterocycles. The van der Waals surface area contributed by atoms with Crippen LogP contribution in [0.25, 0.3) is 0 Å². The number of likely N-dealkylation sites (tertiary alicyclic amines) is 1. The lowest BCUT2D eigenvalue weighted by atomic mass is 9.82. The summed E-state index contributed by atoms with van der Waals surface area (Å²) in [5, 5.41) is 3.33. The van der Waals surface area contributed by atoms with Crippen LogP contribution in [0.5, 0.6) is 5.75 Å². The van der Waals surface area contributed by atoms with Gasteiger partial charge in [0.15, 0.2) is 0 Å². The second kappa shape index (κ2) is 5.24. The van der Waals surface area contributed by atoms with Crippen LogP contribution in [0.4, 0.5) is 5.69 Å². The largest absolute Gasteiger partial charge is 0.490 e. The Morgan fingerprint density at radius 1 is 1.19 bits per heavy atom. The zero-order valence-electron chi connectivity index (χ0n) is 12.3. The number of rotatable bonds is 1. The SMILES string of the molecule is O=C(c1cccc2c1NCCO2)N1C[C@H]2CCCC[C@H]2C1. The summed E-state index contributed by atoms with van der Waals surface area (Å²) in [5.41, 5.74) is 1.65. The van der Waals surface area contributed by atoms with E-state index in [1.165, 1.54) is 25.7 Å². The molecule has 0 radical (unpaired) electrons. The molecule has 1 N–H and O–H groups in total. The standard InChI is InChI=1S/C17H22N2O2/c20-17(19-10-12-4-1-2-5-13(12)11-19)14-6-3-7-15-16(14)18-8-9-21-15/h3,6-7,12-13,18H,1-2,4-5,8-11H2/t12-,13+. The van der Waals surface area contributed by atoms with Crippen LogP contribution in [0.1, 0.15) is 36.0 Å². The average Bonchev–Trinajstić information content (AvgIpc) is 2.97. The fourth-order valence-corrected chi connectivity index (χ4v) is 4.09. The average molecular weight is 286 g/mol. The van der Waals surface area contributed by atoms with Crippen molar-refractivity contribution in [1.29, 1.82) is 0 Å². The van der Waals surface area contributed by atoms with Gasteiger partial charge in [0.05, 0.1) is 11.3 Å². The molecular weight excluding hydrogens is 264 g/mol. The summed E-state index contributed by atoms with van der Waals surface area (Å²) in [6.07, 6.45) is 5.25. The molecule has 4 heteroatoms. The van der Waals surface area contributed by atoms with Crippen LogP contribution in [0, 0.1) is 11.8 Å². The third kappa shape index (κ3) is 2.27. The Labute approximate surface area is 125 Å². The van der Waals surface area contributed by atoms with Crippen molar-refractivity contribution in [2.75, 3.05) is 31.6 Å². The Kier molecular flexibility index (Phi) is 3.24. The van der Waals surface area contributed by atoms with Crippen molar-refractivity contribution in [2.24, 2.45) is 11.8 Å². The molecule has 0 spiro atoms. The number of anilines is 1. The third-order valence-electron chi connectivity index (χ3n) is 5.18. The molecule has 2 aliphatic heterocycles. The van der Waals surface area contributed by atoms with Crippen LogP contribution >= 0.6 is 0 Å². The highest BCUT2D eigenvalue weighted by atomic mass is 16.5. The minimum Gasteiger partial charge on any atom is -0.490 e. The number of amides is 1. The van der Waals surface area contributed by atoms with E-state index in [4.69, 9.17) is 4.74 Å². The maximum absolute atomic E-state index is 12.9. The van der Waals surface area contributed by atoms with Gasteiger partial charge in [-0.25, -0.2) is 0 Å². The highest BCUT2D eigenvalue weighted by molar-refractivity contribution is 6.01. The monoisotopic (exact) mass is 286 g/mol. The number of carbonyl (C=O) groups excluding carboxylic acids is 1. The number of para-hydroxylation sites is 1. The van der Waals surface area contributed by atoms with Crippen LogP contribution in [-0.4, -0.2) is 37.0 Å². The number of nitrogens with zero attached hydrogens (tertiary/aromatic N) is 1. The van der Waals surface area contributed by atoms with E-state index < -0.39 is 0 Å². The van der Waals surface area contributed by atoms with E-state index in [-0.39, 0.29) is 5.91 Å². The van der Waals surface area contributed by atoms with Gasteiger partial charge in [-0.2, -0.15) is 0 Å². The van der Waals surface area contributed by atoms with Crippen LogP contribution in [0.2, 0.25) is 0 Å². The molecule has 0 aromatic heterocycles. The molecule has 0 unspecified atom stereocenters. The van der Waals surface area contributed by atoms with Crippen LogP contribution in [0.3, 0.4) is 0 Å². The maximum atomic E-state index is 12.9. The number of carbonyl (C=O) groups is 1. The van der Waals surface area contributed by atoms with Crippen molar-refractivity contribution in [3.8, 4) is 5.75 Å². The normalized spacial score (nSPS) is 27.3. The predicted molar refractivity (Wildman–Crippen MR) is 81.8 cm³/mol. The topological polar surface area (TPSA) is 41.6 Å². The van der Waals surface area contributed by atoms with Crippen LogP contribution < -0.4 is 10.1 Å². The van der Waals surface area contributed by atoms with E-state index in [2.05, 4.69) is 10.2 Å². The van der Waals surface area contributed by atoms with E-state index in [1.807, 2.05) is 18.2 Å². The first-order chi connectivity index (χ1) is 10.3. The summed E-state index contributed by atoms with van der Waals surface area (Å²) in [6.45, 7) is 3.31. The Morgan fingerprint density at radius 2 is 1.95 bits per heavy atom. The predicted octanol–water partition coefficient (Wildman–Crippen LogP) is 2.75. The lowest BCUT2D eigenvalue weighted by Crippen LogP contribution is -2.30.